The molecule has 0 saturated carbocycles. The van der Waals surface area contributed by atoms with Crippen molar-refractivity contribution in [2.24, 2.45) is 5.92 Å². The van der Waals surface area contributed by atoms with Crippen LogP contribution in [0.15, 0.2) is 41.5 Å². The summed E-state index contributed by atoms with van der Waals surface area (Å²) in [7, 11) is 1.71. The quantitative estimate of drug-likeness (QED) is 0.624. The Balaban J connectivity index is 1.50. The highest BCUT2D eigenvalue weighted by atomic mass is 19.1. The number of rotatable bonds is 5. The van der Waals surface area contributed by atoms with E-state index < -0.39 is 22.8 Å². The average Bonchev–Trinajstić information content (AvgIpc) is 3.25. The van der Waals surface area contributed by atoms with E-state index in [1.807, 2.05) is 23.1 Å². The zero-order chi connectivity index (χ0) is 22.4. The van der Waals surface area contributed by atoms with Crippen molar-refractivity contribution in [2.45, 2.75) is 6.42 Å². The SMILES string of the molecule is CN1COc2c(N3CCC(CNc4ccccn4)C3)c(F)cc3c(=O)c(C(=O)O)cn1c23. The van der Waals surface area contributed by atoms with Crippen LogP contribution in [0.1, 0.15) is 16.8 Å². The van der Waals surface area contributed by atoms with Crippen LogP contribution in [0.4, 0.5) is 15.9 Å². The summed E-state index contributed by atoms with van der Waals surface area (Å²) < 4.78 is 22.7. The maximum atomic E-state index is 15.3. The van der Waals surface area contributed by atoms with Gasteiger partial charge >= 0.3 is 5.97 Å². The number of aromatic carboxylic acids is 1. The highest BCUT2D eigenvalue weighted by Crippen LogP contribution is 2.41. The Morgan fingerprint density at radius 2 is 2.25 bits per heavy atom. The molecule has 3 aromatic rings. The second kappa shape index (κ2) is 7.70. The van der Waals surface area contributed by atoms with Gasteiger partial charge in [-0.3, -0.25) is 14.5 Å². The van der Waals surface area contributed by atoms with E-state index in [-0.39, 0.29) is 23.8 Å². The summed E-state index contributed by atoms with van der Waals surface area (Å²) in [6.07, 6.45) is 3.85. The molecule has 1 saturated heterocycles. The van der Waals surface area contributed by atoms with E-state index >= 15 is 4.39 Å². The number of nitrogens with zero attached hydrogens (tertiary/aromatic N) is 4. The molecule has 2 N–H and O–H groups in total. The first-order valence-corrected chi connectivity index (χ1v) is 10.3. The Hall–Kier alpha value is -3.82. The fourth-order valence-electron chi connectivity index (χ4n) is 4.39. The number of anilines is 2. The number of ether oxygens (including phenoxy) is 1. The lowest BCUT2D eigenvalue weighted by atomic mass is 10.1. The van der Waals surface area contributed by atoms with Crippen LogP contribution < -0.4 is 25.4 Å². The molecule has 2 aromatic heterocycles. The summed E-state index contributed by atoms with van der Waals surface area (Å²) in [5.41, 5.74) is -0.457. The number of hydrogen-bond donors (Lipinski definition) is 2. The van der Waals surface area contributed by atoms with Crippen molar-refractivity contribution in [2.75, 3.05) is 48.6 Å². The maximum Gasteiger partial charge on any atom is 0.341 e. The standard InChI is InChI=1S/C22H22FN5O4/c1-26-12-32-21-18-14(20(29)15(22(30)31)11-28(18)26)8-16(23)19(21)27-7-5-13(10-27)9-25-17-4-2-3-6-24-17/h2-4,6,8,11,13H,5,7,9-10,12H2,1H3,(H,24,25)(H,30,31). The lowest BCUT2D eigenvalue weighted by Crippen LogP contribution is -2.40. The van der Waals surface area contributed by atoms with Crippen LogP contribution in [-0.2, 0) is 0 Å². The van der Waals surface area contributed by atoms with Crippen LogP contribution in [0, 0.1) is 11.7 Å². The number of hydrogen-bond acceptors (Lipinski definition) is 7. The zero-order valence-corrected chi connectivity index (χ0v) is 17.4. The van der Waals surface area contributed by atoms with Crippen LogP contribution in [0.3, 0.4) is 0 Å². The zero-order valence-electron chi connectivity index (χ0n) is 17.4. The molecule has 4 heterocycles. The summed E-state index contributed by atoms with van der Waals surface area (Å²) in [4.78, 5) is 30.4. The summed E-state index contributed by atoms with van der Waals surface area (Å²) >= 11 is 0. The van der Waals surface area contributed by atoms with Gasteiger partial charge < -0.3 is 20.1 Å². The normalized spacial score (nSPS) is 17.5. The molecule has 1 fully saturated rings. The van der Waals surface area contributed by atoms with Crippen LogP contribution in [0.25, 0.3) is 10.9 Å². The van der Waals surface area contributed by atoms with Gasteiger partial charge in [-0.1, -0.05) is 6.07 Å². The van der Waals surface area contributed by atoms with Gasteiger partial charge in [0, 0.05) is 39.1 Å². The molecule has 1 unspecified atom stereocenters. The van der Waals surface area contributed by atoms with Crippen LogP contribution >= 0.6 is 0 Å². The minimum absolute atomic E-state index is 0.0136. The summed E-state index contributed by atoms with van der Waals surface area (Å²) in [5.74, 6) is -0.605. The molecule has 0 spiro atoms. The Morgan fingerprint density at radius 1 is 1.41 bits per heavy atom. The number of pyridine rings is 2. The first-order chi connectivity index (χ1) is 15.4. The lowest BCUT2D eigenvalue weighted by molar-refractivity contribution is 0.0694. The number of benzene rings is 1. The first-order valence-electron chi connectivity index (χ1n) is 10.3. The molecular formula is C22H22FN5O4. The number of carboxylic acids is 1. The van der Waals surface area contributed by atoms with Crippen molar-refractivity contribution in [1.29, 1.82) is 0 Å². The molecule has 32 heavy (non-hydrogen) atoms. The third-order valence-corrected chi connectivity index (χ3v) is 5.99. The van der Waals surface area contributed by atoms with Gasteiger partial charge in [0.1, 0.15) is 22.6 Å². The van der Waals surface area contributed by atoms with E-state index in [2.05, 4.69) is 10.3 Å². The van der Waals surface area contributed by atoms with Gasteiger partial charge in [0.25, 0.3) is 0 Å². The van der Waals surface area contributed by atoms with Crippen molar-refractivity contribution < 1.29 is 19.0 Å². The Morgan fingerprint density at radius 3 is 3.00 bits per heavy atom. The van der Waals surface area contributed by atoms with Gasteiger partial charge in [-0.15, -0.1) is 0 Å². The number of aromatic nitrogens is 2. The predicted octanol–water partition coefficient (Wildman–Crippen LogP) is 2.09. The molecule has 5 rings (SSSR count). The molecule has 1 atom stereocenters. The molecule has 0 aliphatic carbocycles. The van der Waals surface area contributed by atoms with Gasteiger partial charge in [0.15, 0.2) is 18.3 Å². The van der Waals surface area contributed by atoms with E-state index in [1.54, 1.807) is 22.9 Å². The topological polar surface area (TPSA) is 99.9 Å². The molecule has 0 bridgehead atoms. The van der Waals surface area contributed by atoms with Crippen molar-refractivity contribution in [3.8, 4) is 5.75 Å². The highest BCUT2D eigenvalue weighted by molar-refractivity contribution is 5.97. The molecular weight excluding hydrogens is 417 g/mol. The van der Waals surface area contributed by atoms with Crippen molar-refractivity contribution >= 4 is 28.4 Å². The number of halogens is 1. The van der Waals surface area contributed by atoms with Gasteiger partial charge in [-0.05, 0) is 30.5 Å². The minimum atomic E-state index is -1.35. The fraction of sp³-hybridized carbons (Fsp3) is 0.318. The van der Waals surface area contributed by atoms with Crippen molar-refractivity contribution in [3.05, 3.63) is 58.3 Å². The molecule has 9 nitrogen and oxygen atoms in total. The van der Waals surface area contributed by atoms with Gasteiger partial charge in [0.05, 0.1) is 5.39 Å². The minimum Gasteiger partial charge on any atom is -0.477 e. The smallest absolute Gasteiger partial charge is 0.341 e. The highest BCUT2D eigenvalue weighted by Gasteiger charge is 2.32. The van der Waals surface area contributed by atoms with Crippen molar-refractivity contribution in [3.63, 3.8) is 0 Å². The Labute approximate surface area is 182 Å². The van der Waals surface area contributed by atoms with Crippen LogP contribution in [0.2, 0.25) is 0 Å². The predicted molar refractivity (Wildman–Crippen MR) is 118 cm³/mol. The lowest BCUT2D eigenvalue weighted by Gasteiger charge is -2.33. The molecule has 166 valence electrons. The van der Waals surface area contributed by atoms with E-state index in [0.29, 0.717) is 30.8 Å². The van der Waals surface area contributed by atoms with Crippen LogP contribution in [0.5, 0.6) is 5.75 Å². The Bertz CT molecular complexity index is 1260. The Kier molecular flexibility index (Phi) is 4.84. The molecule has 10 heteroatoms. The maximum absolute atomic E-state index is 15.3. The van der Waals surface area contributed by atoms with E-state index in [0.717, 1.165) is 18.3 Å². The van der Waals surface area contributed by atoms with Crippen molar-refractivity contribution in [1.82, 2.24) is 9.66 Å². The van der Waals surface area contributed by atoms with E-state index in [9.17, 15) is 14.7 Å². The van der Waals surface area contributed by atoms with Gasteiger partial charge in [-0.2, -0.15) is 0 Å². The van der Waals surface area contributed by atoms with Gasteiger partial charge in [0.2, 0.25) is 5.43 Å². The number of carboxylic acid groups (broad SMARTS) is 1. The molecule has 2 aliphatic heterocycles. The fourth-order valence-corrected chi connectivity index (χ4v) is 4.39. The van der Waals surface area contributed by atoms with Gasteiger partial charge in [-0.25, -0.2) is 14.2 Å². The summed E-state index contributed by atoms with van der Waals surface area (Å²) in [6.45, 7) is 2.06. The first kappa shape index (κ1) is 20.1. The largest absolute Gasteiger partial charge is 0.477 e. The molecule has 2 aliphatic rings. The van der Waals surface area contributed by atoms with E-state index in [1.165, 1.54) is 6.20 Å². The summed E-state index contributed by atoms with van der Waals surface area (Å²) in [6, 6.07) is 6.79. The van der Waals surface area contributed by atoms with E-state index in [4.69, 9.17) is 4.74 Å². The molecule has 0 amide bonds. The summed E-state index contributed by atoms with van der Waals surface area (Å²) in [5, 5.41) is 14.3. The second-order valence-electron chi connectivity index (χ2n) is 8.08. The average molecular weight is 439 g/mol. The third-order valence-electron chi connectivity index (χ3n) is 5.99. The molecule has 1 aromatic carbocycles. The third kappa shape index (κ3) is 3.28. The second-order valence-corrected chi connectivity index (χ2v) is 8.08. The van der Waals surface area contributed by atoms with Crippen LogP contribution in [-0.4, -0.2) is 54.1 Å². The number of carbonyl (C=O) groups is 1. The molecule has 0 radical (unpaired) electrons. The monoisotopic (exact) mass is 439 g/mol. The number of nitrogens with one attached hydrogen (secondary N) is 1.